The first-order valence-corrected chi connectivity index (χ1v) is 13.8. The summed E-state index contributed by atoms with van der Waals surface area (Å²) in [6, 6.07) is 35.3. The van der Waals surface area contributed by atoms with E-state index in [2.05, 4.69) is 5.32 Å². The Morgan fingerprint density at radius 3 is 2.17 bits per heavy atom. The van der Waals surface area contributed by atoms with E-state index in [1.807, 2.05) is 128 Å². The summed E-state index contributed by atoms with van der Waals surface area (Å²) >= 11 is 0. The van der Waals surface area contributed by atoms with Crippen LogP contribution in [0.2, 0.25) is 0 Å². The molecule has 1 aliphatic heterocycles. The second kappa shape index (κ2) is 12.1. The van der Waals surface area contributed by atoms with Crippen LogP contribution in [0.5, 0.6) is 0 Å². The van der Waals surface area contributed by atoms with Crippen LogP contribution < -0.4 is 10.2 Å². The Kier molecular flexibility index (Phi) is 7.72. The second-order valence-electron chi connectivity index (χ2n) is 10.2. The van der Waals surface area contributed by atoms with Crippen LogP contribution >= 0.6 is 0 Å². The molecule has 7 heteroatoms. The van der Waals surface area contributed by atoms with Crippen molar-refractivity contribution < 1.29 is 18.7 Å². The molecular formula is C35H31N3O4. The van der Waals surface area contributed by atoms with Gasteiger partial charge in [0, 0.05) is 37.3 Å². The van der Waals surface area contributed by atoms with Crippen LogP contribution in [0.1, 0.15) is 16.1 Å². The number of aromatic nitrogens is 1. The first-order chi connectivity index (χ1) is 20.6. The summed E-state index contributed by atoms with van der Waals surface area (Å²) < 4.78 is 17.5. The predicted octanol–water partition coefficient (Wildman–Crippen LogP) is 6.93. The molecule has 0 saturated heterocycles. The van der Waals surface area contributed by atoms with E-state index in [4.69, 9.17) is 18.9 Å². The van der Waals surface area contributed by atoms with Gasteiger partial charge in [-0.05, 0) is 47.0 Å². The molecule has 0 aliphatic carbocycles. The van der Waals surface area contributed by atoms with E-state index < -0.39 is 6.04 Å². The van der Waals surface area contributed by atoms with Gasteiger partial charge in [-0.25, -0.2) is 4.98 Å². The molecule has 0 bridgehead atoms. The van der Waals surface area contributed by atoms with Gasteiger partial charge in [0.2, 0.25) is 12.7 Å². The van der Waals surface area contributed by atoms with Crippen molar-refractivity contribution in [1.82, 2.24) is 10.3 Å². The summed E-state index contributed by atoms with van der Waals surface area (Å²) in [6.07, 6.45) is 2.08. The maximum absolute atomic E-state index is 14.0. The highest BCUT2D eigenvalue weighted by Gasteiger charge is 2.28. The van der Waals surface area contributed by atoms with Crippen LogP contribution in [0.15, 0.2) is 126 Å². The molecule has 0 spiro atoms. The molecule has 0 radical (unpaired) electrons. The van der Waals surface area contributed by atoms with Crippen molar-refractivity contribution in [2.75, 3.05) is 25.8 Å². The average Bonchev–Trinajstić information content (AvgIpc) is 3.73. The zero-order valence-electron chi connectivity index (χ0n) is 23.5. The molecule has 4 aromatic carbocycles. The van der Waals surface area contributed by atoms with Gasteiger partial charge < -0.3 is 24.1 Å². The van der Waals surface area contributed by atoms with E-state index in [0.717, 1.165) is 33.5 Å². The van der Waals surface area contributed by atoms with E-state index in [0.29, 0.717) is 23.8 Å². The summed E-state index contributed by atoms with van der Waals surface area (Å²) in [7, 11) is 3.97. The number of ether oxygens (including phenoxy) is 2. The lowest BCUT2D eigenvalue weighted by atomic mass is 10.00. The molecule has 210 valence electrons. The van der Waals surface area contributed by atoms with Crippen molar-refractivity contribution in [2.45, 2.75) is 12.5 Å². The van der Waals surface area contributed by atoms with E-state index in [9.17, 15) is 4.79 Å². The third-order valence-corrected chi connectivity index (χ3v) is 7.15. The van der Waals surface area contributed by atoms with Gasteiger partial charge >= 0.3 is 0 Å². The standard InChI is InChI=1S/C35H31N3O4/c1-38(2)27-19-17-26(18-20-27)33-32(34(39)36-30(31-22-40-23-41-31)21-24-11-5-3-6-12-24)37-35(42-33)29-16-10-9-15-28(29)25-13-7-4-8-14-25/h3-20,22,30H,21,23H2,1-2H3,(H,36,39). The molecule has 42 heavy (non-hydrogen) atoms. The van der Waals surface area contributed by atoms with Crippen LogP contribution in [-0.4, -0.2) is 37.8 Å². The van der Waals surface area contributed by atoms with Crippen molar-refractivity contribution in [3.63, 3.8) is 0 Å². The van der Waals surface area contributed by atoms with Gasteiger partial charge in [0.05, 0.1) is 6.04 Å². The Morgan fingerprint density at radius 1 is 0.833 bits per heavy atom. The molecule has 7 nitrogen and oxygen atoms in total. The molecule has 1 atom stereocenters. The van der Waals surface area contributed by atoms with E-state index in [1.54, 1.807) is 6.26 Å². The fourth-order valence-electron chi connectivity index (χ4n) is 4.97. The van der Waals surface area contributed by atoms with Gasteiger partial charge in [-0.1, -0.05) is 78.9 Å². The summed E-state index contributed by atoms with van der Waals surface area (Å²) in [4.78, 5) is 20.8. The van der Waals surface area contributed by atoms with Gasteiger partial charge in [0.1, 0.15) is 6.26 Å². The molecule has 1 N–H and O–H groups in total. The van der Waals surface area contributed by atoms with Crippen LogP contribution in [0.4, 0.5) is 5.69 Å². The Morgan fingerprint density at radius 2 is 1.50 bits per heavy atom. The number of nitrogens with one attached hydrogen (secondary N) is 1. The van der Waals surface area contributed by atoms with Crippen LogP contribution in [0.25, 0.3) is 33.9 Å². The highest BCUT2D eigenvalue weighted by molar-refractivity contribution is 5.99. The lowest BCUT2D eigenvalue weighted by Crippen LogP contribution is -2.38. The monoisotopic (exact) mass is 557 g/mol. The SMILES string of the molecule is CN(C)c1ccc(-c2oc(-c3ccccc3-c3ccccc3)nc2C(=O)NC(Cc2ccccc2)C2=COCO2)cc1. The first-order valence-electron chi connectivity index (χ1n) is 13.8. The van der Waals surface area contributed by atoms with Crippen molar-refractivity contribution >= 4 is 11.6 Å². The third kappa shape index (κ3) is 5.76. The van der Waals surface area contributed by atoms with E-state index >= 15 is 0 Å². The summed E-state index contributed by atoms with van der Waals surface area (Å²) in [6.45, 7) is 0.115. The zero-order chi connectivity index (χ0) is 28.9. The number of hydrogen-bond donors (Lipinski definition) is 1. The molecule has 2 heterocycles. The van der Waals surface area contributed by atoms with Gasteiger partial charge in [0.25, 0.3) is 5.91 Å². The Balaban J connectivity index is 1.41. The first kappa shape index (κ1) is 26.9. The molecule has 6 rings (SSSR count). The lowest BCUT2D eigenvalue weighted by Gasteiger charge is -2.18. The molecule has 1 amide bonds. The number of hydrogen-bond acceptors (Lipinski definition) is 6. The largest absolute Gasteiger partial charge is 0.462 e. The molecular weight excluding hydrogens is 526 g/mol. The summed E-state index contributed by atoms with van der Waals surface area (Å²) in [5.74, 6) is 0.950. The molecule has 1 aliphatic rings. The van der Waals surface area contributed by atoms with E-state index in [-0.39, 0.29) is 18.4 Å². The van der Waals surface area contributed by atoms with Crippen molar-refractivity contribution in [3.8, 4) is 33.9 Å². The maximum Gasteiger partial charge on any atom is 0.274 e. The van der Waals surface area contributed by atoms with Crippen molar-refractivity contribution in [2.24, 2.45) is 0 Å². The van der Waals surface area contributed by atoms with Gasteiger partial charge in [-0.3, -0.25) is 4.79 Å². The summed E-state index contributed by atoms with van der Waals surface area (Å²) in [5, 5.41) is 3.13. The number of rotatable bonds is 9. The van der Waals surface area contributed by atoms with Crippen LogP contribution in [0, 0.1) is 0 Å². The van der Waals surface area contributed by atoms with Crippen LogP contribution in [-0.2, 0) is 15.9 Å². The van der Waals surface area contributed by atoms with Gasteiger partial charge in [-0.2, -0.15) is 0 Å². The summed E-state index contributed by atoms with van der Waals surface area (Å²) in [5.41, 5.74) is 5.82. The van der Waals surface area contributed by atoms with Gasteiger partial charge in [0.15, 0.2) is 17.2 Å². The number of carbonyl (C=O) groups excluding carboxylic acids is 1. The Bertz CT molecular complexity index is 1690. The Labute approximate surface area is 245 Å². The van der Waals surface area contributed by atoms with Crippen LogP contribution in [0.3, 0.4) is 0 Å². The minimum Gasteiger partial charge on any atom is -0.462 e. The Hall–Kier alpha value is -5.30. The normalized spacial score (nSPS) is 13.0. The number of nitrogens with zero attached hydrogens (tertiary/aromatic N) is 2. The molecule has 5 aromatic rings. The maximum atomic E-state index is 14.0. The molecule has 0 fully saturated rings. The number of anilines is 1. The average molecular weight is 558 g/mol. The van der Waals surface area contributed by atoms with Crippen molar-refractivity contribution in [3.05, 3.63) is 132 Å². The zero-order valence-corrected chi connectivity index (χ0v) is 23.5. The predicted molar refractivity (Wildman–Crippen MR) is 164 cm³/mol. The minimum atomic E-state index is -0.455. The number of benzene rings is 4. The molecule has 1 unspecified atom stereocenters. The third-order valence-electron chi connectivity index (χ3n) is 7.15. The van der Waals surface area contributed by atoms with Crippen molar-refractivity contribution in [1.29, 1.82) is 0 Å². The highest BCUT2D eigenvalue weighted by atomic mass is 16.7. The minimum absolute atomic E-state index is 0.115. The van der Waals surface area contributed by atoms with Gasteiger partial charge in [-0.15, -0.1) is 0 Å². The lowest BCUT2D eigenvalue weighted by molar-refractivity contribution is 0.0705. The number of carbonyl (C=O) groups is 1. The quantitative estimate of drug-likeness (QED) is 0.212. The second-order valence-corrected chi connectivity index (χ2v) is 10.2. The highest BCUT2D eigenvalue weighted by Crippen LogP contribution is 2.36. The topological polar surface area (TPSA) is 76.8 Å². The van der Waals surface area contributed by atoms with E-state index in [1.165, 1.54) is 0 Å². The fourth-order valence-corrected chi connectivity index (χ4v) is 4.97. The number of amides is 1. The smallest absolute Gasteiger partial charge is 0.274 e. The molecule has 0 saturated carbocycles. The molecule has 1 aromatic heterocycles. The fraction of sp³-hybridized carbons (Fsp3) is 0.143. The number of oxazole rings is 1.